The normalized spacial score (nSPS) is 15.8. The highest BCUT2D eigenvalue weighted by molar-refractivity contribution is 5.97. The first-order chi connectivity index (χ1) is 12.6. The van der Waals surface area contributed by atoms with Crippen LogP contribution in [0.2, 0.25) is 0 Å². The van der Waals surface area contributed by atoms with Crippen LogP contribution in [0, 0.1) is 6.92 Å². The molecule has 0 saturated heterocycles. The molecule has 0 aliphatic carbocycles. The fourth-order valence-electron chi connectivity index (χ4n) is 2.96. The Morgan fingerprint density at radius 3 is 2.96 bits per heavy atom. The Morgan fingerprint density at radius 2 is 2.15 bits per heavy atom. The molecule has 3 N–H and O–H groups in total. The summed E-state index contributed by atoms with van der Waals surface area (Å²) in [5.41, 5.74) is 7.92. The van der Waals surface area contributed by atoms with Gasteiger partial charge in [-0.05, 0) is 13.0 Å². The molecule has 2 aromatic heterocycles. The number of fused-ring (bicyclic) bond motifs is 1. The van der Waals surface area contributed by atoms with Crippen LogP contribution in [0.15, 0.2) is 41.1 Å². The van der Waals surface area contributed by atoms with E-state index >= 15 is 0 Å². The zero-order valence-electron chi connectivity index (χ0n) is 14.1. The van der Waals surface area contributed by atoms with E-state index in [1.807, 2.05) is 24.3 Å². The number of carbonyl (C=O) groups is 1. The number of benzene rings is 1. The number of anilines is 1. The van der Waals surface area contributed by atoms with Gasteiger partial charge in [-0.25, -0.2) is 15.0 Å². The Hall–Kier alpha value is -3.42. The maximum Gasteiger partial charge on any atom is 0.274 e. The molecule has 3 aromatic rings. The molecule has 4 rings (SSSR count). The minimum atomic E-state index is -0.376. The second-order valence-corrected chi connectivity index (χ2v) is 5.93. The van der Waals surface area contributed by atoms with Crippen LogP contribution >= 0.6 is 0 Å². The smallest absolute Gasteiger partial charge is 0.274 e. The van der Waals surface area contributed by atoms with Crippen molar-refractivity contribution in [1.82, 2.24) is 20.3 Å². The summed E-state index contributed by atoms with van der Waals surface area (Å²) in [6.07, 6.45) is 3.62. The van der Waals surface area contributed by atoms with Gasteiger partial charge in [0.15, 0.2) is 11.5 Å². The molecule has 8 heteroatoms. The Labute approximate surface area is 149 Å². The topological polar surface area (TPSA) is 116 Å². The average Bonchev–Trinajstić information content (AvgIpc) is 3.18. The fourth-order valence-corrected chi connectivity index (χ4v) is 2.96. The lowest BCUT2D eigenvalue weighted by Gasteiger charge is -2.26. The van der Waals surface area contributed by atoms with Crippen LogP contribution in [0.5, 0.6) is 5.75 Å². The first kappa shape index (κ1) is 16.1. The Balaban J connectivity index is 1.61. The Kier molecular flexibility index (Phi) is 4.00. The van der Waals surface area contributed by atoms with E-state index in [0.29, 0.717) is 30.3 Å². The predicted octanol–water partition coefficient (Wildman–Crippen LogP) is 2.28. The van der Waals surface area contributed by atoms with Crippen LogP contribution in [-0.2, 0) is 0 Å². The summed E-state index contributed by atoms with van der Waals surface area (Å²) in [5.74, 6) is 0.742. The molecule has 1 amide bonds. The minimum absolute atomic E-state index is 0.0293. The number of nitrogens with two attached hydrogens (primary N) is 1. The number of hydrogen-bond donors (Lipinski definition) is 2. The maximum atomic E-state index is 12.7. The van der Waals surface area contributed by atoms with Crippen LogP contribution in [0.4, 0.5) is 5.82 Å². The number of ether oxygens (including phenoxy) is 1. The van der Waals surface area contributed by atoms with Crippen molar-refractivity contribution in [3.63, 3.8) is 0 Å². The monoisotopic (exact) mass is 351 g/mol. The highest BCUT2D eigenvalue weighted by atomic mass is 16.5. The number of para-hydroxylation sites is 1. The molecule has 0 unspecified atom stereocenters. The molecule has 132 valence electrons. The second kappa shape index (κ2) is 6.47. The van der Waals surface area contributed by atoms with Crippen molar-refractivity contribution in [2.75, 3.05) is 12.3 Å². The molecule has 1 aromatic carbocycles. The zero-order valence-corrected chi connectivity index (χ0v) is 14.1. The van der Waals surface area contributed by atoms with Crippen molar-refractivity contribution in [2.45, 2.75) is 19.4 Å². The van der Waals surface area contributed by atoms with Gasteiger partial charge in [0.05, 0.1) is 24.5 Å². The number of nitrogens with zero attached hydrogens (tertiary/aromatic N) is 3. The minimum Gasteiger partial charge on any atom is -0.493 e. The van der Waals surface area contributed by atoms with E-state index in [1.165, 1.54) is 12.5 Å². The molecule has 3 heterocycles. The lowest BCUT2D eigenvalue weighted by Crippen LogP contribution is -2.33. The lowest BCUT2D eigenvalue weighted by molar-refractivity contribution is 0.0920. The largest absolute Gasteiger partial charge is 0.493 e. The van der Waals surface area contributed by atoms with Crippen molar-refractivity contribution in [1.29, 1.82) is 0 Å². The van der Waals surface area contributed by atoms with Crippen molar-refractivity contribution < 1.29 is 13.9 Å². The third kappa shape index (κ3) is 2.85. The second-order valence-electron chi connectivity index (χ2n) is 5.93. The molecule has 0 saturated carbocycles. The summed E-state index contributed by atoms with van der Waals surface area (Å²) in [6.45, 7) is 2.26. The van der Waals surface area contributed by atoms with Crippen LogP contribution in [-0.4, -0.2) is 27.5 Å². The van der Waals surface area contributed by atoms with Gasteiger partial charge in [-0.15, -0.1) is 0 Å². The molecule has 8 nitrogen and oxygen atoms in total. The molecule has 1 aliphatic rings. The summed E-state index contributed by atoms with van der Waals surface area (Å²) < 4.78 is 10.9. The number of nitrogen functional groups attached to an aromatic ring is 1. The SMILES string of the molecule is Cc1nc(C(=O)N[C@@H]2CCOc3ccccc32)c(N)nc1-c1ncco1. The van der Waals surface area contributed by atoms with Crippen LogP contribution < -0.4 is 15.8 Å². The van der Waals surface area contributed by atoms with Crippen molar-refractivity contribution >= 4 is 11.7 Å². The predicted molar refractivity (Wildman–Crippen MR) is 93.4 cm³/mol. The standard InChI is InChI=1S/C18H17N5O3/c1-10-14(18-20-7-9-26-18)23-16(19)15(21-10)17(24)22-12-6-8-25-13-5-3-2-4-11(12)13/h2-5,7,9,12H,6,8H2,1H3,(H2,19,23)(H,22,24)/t12-/m1/s1. The molecule has 0 bridgehead atoms. The van der Waals surface area contributed by atoms with E-state index in [0.717, 1.165) is 11.3 Å². The number of nitrogens with one attached hydrogen (secondary N) is 1. The maximum absolute atomic E-state index is 12.7. The highest BCUT2D eigenvalue weighted by Crippen LogP contribution is 2.32. The molecule has 1 aliphatic heterocycles. The number of amides is 1. The average molecular weight is 351 g/mol. The summed E-state index contributed by atoms with van der Waals surface area (Å²) in [5, 5.41) is 2.97. The van der Waals surface area contributed by atoms with Crippen molar-refractivity contribution in [3.8, 4) is 17.3 Å². The van der Waals surface area contributed by atoms with Gasteiger partial charge in [-0.1, -0.05) is 18.2 Å². The lowest BCUT2D eigenvalue weighted by atomic mass is 10.0. The van der Waals surface area contributed by atoms with Gasteiger partial charge in [0, 0.05) is 12.0 Å². The van der Waals surface area contributed by atoms with E-state index in [-0.39, 0.29) is 23.5 Å². The van der Waals surface area contributed by atoms with Crippen molar-refractivity contribution in [3.05, 3.63) is 53.7 Å². The zero-order chi connectivity index (χ0) is 18.1. The van der Waals surface area contributed by atoms with Gasteiger partial charge in [0.25, 0.3) is 5.91 Å². The quantitative estimate of drug-likeness (QED) is 0.743. The first-order valence-corrected chi connectivity index (χ1v) is 8.20. The molecular weight excluding hydrogens is 334 g/mol. The van der Waals surface area contributed by atoms with Crippen molar-refractivity contribution in [2.24, 2.45) is 0 Å². The van der Waals surface area contributed by atoms with E-state index in [2.05, 4.69) is 20.3 Å². The molecule has 26 heavy (non-hydrogen) atoms. The number of aryl methyl sites for hydroxylation is 1. The third-order valence-corrected chi connectivity index (χ3v) is 4.21. The van der Waals surface area contributed by atoms with Gasteiger partial charge >= 0.3 is 0 Å². The fraction of sp³-hybridized carbons (Fsp3) is 0.222. The van der Waals surface area contributed by atoms with Gasteiger partial charge in [-0.3, -0.25) is 4.79 Å². The number of hydrogen-bond acceptors (Lipinski definition) is 7. The van der Waals surface area contributed by atoms with E-state index < -0.39 is 0 Å². The number of rotatable bonds is 3. The van der Waals surface area contributed by atoms with E-state index in [1.54, 1.807) is 6.92 Å². The summed E-state index contributed by atoms with van der Waals surface area (Å²) in [4.78, 5) is 25.3. The first-order valence-electron chi connectivity index (χ1n) is 8.20. The molecule has 0 spiro atoms. The van der Waals surface area contributed by atoms with Gasteiger partial charge in [0.2, 0.25) is 5.89 Å². The number of oxazole rings is 1. The van der Waals surface area contributed by atoms with Gasteiger partial charge < -0.3 is 20.2 Å². The Morgan fingerprint density at radius 1 is 1.31 bits per heavy atom. The van der Waals surface area contributed by atoms with Crippen LogP contribution in [0.1, 0.15) is 34.2 Å². The summed E-state index contributed by atoms with van der Waals surface area (Å²) >= 11 is 0. The Bertz CT molecular complexity index is 955. The number of carbonyl (C=O) groups excluding carboxylic acids is 1. The van der Waals surface area contributed by atoms with Crippen LogP contribution in [0.3, 0.4) is 0 Å². The molecular formula is C18H17N5O3. The summed E-state index contributed by atoms with van der Waals surface area (Å²) in [7, 11) is 0. The molecule has 1 atom stereocenters. The van der Waals surface area contributed by atoms with Gasteiger partial charge in [-0.2, -0.15) is 0 Å². The summed E-state index contributed by atoms with van der Waals surface area (Å²) in [6, 6.07) is 7.47. The van der Waals surface area contributed by atoms with E-state index in [9.17, 15) is 4.79 Å². The molecule has 0 radical (unpaired) electrons. The van der Waals surface area contributed by atoms with E-state index in [4.69, 9.17) is 14.9 Å². The van der Waals surface area contributed by atoms with Gasteiger partial charge in [0.1, 0.15) is 17.7 Å². The molecule has 0 fully saturated rings. The highest BCUT2D eigenvalue weighted by Gasteiger charge is 2.25. The number of aromatic nitrogens is 3. The third-order valence-electron chi connectivity index (χ3n) is 4.21. The van der Waals surface area contributed by atoms with Crippen LogP contribution in [0.25, 0.3) is 11.6 Å².